The highest BCUT2D eigenvalue weighted by Gasteiger charge is 2.16. The second kappa shape index (κ2) is 5.98. The van der Waals surface area contributed by atoms with Crippen LogP contribution < -0.4 is 14.8 Å². The smallest absolute Gasteiger partial charge is 0.163 e. The molecule has 3 nitrogen and oxygen atoms in total. The number of benzene rings is 2. The van der Waals surface area contributed by atoms with E-state index < -0.39 is 0 Å². The van der Waals surface area contributed by atoms with Gasteiger partial charge in [0.15, 0.2) is 11.5 Å². The Kier molecular flexibility index (Phi) is 4.06. The van der Waals surface area contributed by atoms with E-state index in [1.165, 1.54) is 11.1 Å². The molecule has 2 aromatic rings. The van der Waals surface area contributed by atoms with Crippen molar-refractivity contribution < 1.29 is 9.47 Å². The Labute approximate surface area is 133 Å². The van der Waals surface area contributed by atoms with Crippen LogP contribution in [0.3, 0.4) is 0 Å². The first-order valence-corrected chi connectivity index (χ1v) is 7.85. The van der Waals surface area contributed by atoms with E-state index in [2.05, 4.69) is 59.4 Å². The van der Waals surface area contributed by atoms with Gasteiger partial charge in [0.1, 0.15) is 13.2 Å². The molecule has 0 fully saturated rings. The van der Waals surface area contributed by atoms with Crippen molar-refractivity contribution in [2.75, 3.05) is 18.5 Å². The summed E-state index contributed by atoms with van der Waals surface area (Å²) in [6.45, 7) is 5.46. The van der Waals surface area contributed by atoms with Crippen LogP contribution in [-0.2, 0) is 0 Å². The maximum atomic E-state index is 5.64. The minimum absolute atomic E-state index is 0.212. The van der Waals surface area contributed by atoms with E-state index in [1.807, 2.05) is 12.1 Å². The van der Waals surface area contributed by atoms with Gasteiger partial charge in [0, 0.05) is 22.6 Å². The van der Waals surface area contributed by atoms with Crippen LogP contribution >= 0.6 is 15.9 Å². The third kappa shape index (κ3) is 3.16. The van der Waals surface area contributed by atoms with Crippen molar-refractivity contribution in [3.8, 4) is 11.5 Å². The first-order chi connectivity index (χ1) is 10.1. The Morgan fingerprint density at radius 3 is 2.52 bits per heavy atom. The van der Waals surface area contributed by atoms with Crippen LogP contribution in [0.1, 0.15) is 24.1 Å². The molecule has 1 unspecified atom stereocenters. The maximum absolute atomic E-state index is 5.64. The van der Waals surface area contributed by atoms with Gasteiger partial charge in [-0.2, -0.15) is 0 Å². The molecule has 0 spiro atoms. The molecular formula is C17H18BrNO2. The second-order valence-electron chi connectivity index (χ2n) is 5.26. The summed E-state index contributed by atoms with van der Waals surface area (Å²) in [5.74, 6) is 1.59. The van der Waals surface area contributed by atoms with Crippen LogP contribution in [0.2, 0.25) is 0 Å². The van der Waals surface area contributed by atoms with Gasteiger partial charge in [-0.25, -0.2) is 0 Å². The van der Waals surface area contributed by atoms with Gasteiger partial charge in [-0.15, -0.1) is 0 Å². The van der Waals surface area contributed by atoms with Crippen LogP contribution in [0.5, 0.6) is 11.5 Å². The van der Waals surface area contributed by atoms with Crippen LogP contribution in [0.4, 0.5) is 5.69 Å². The van der Waals surface area contributed by atoms with E-state index in [9.17, 15) is 0 Å². The predicted molar refractivity (Wildman–Crippen MR) is 88.3 cm³/mol. The molecule has 1 aliphatic heterocycles. The van der Waals surface area contributed by atoms with E-state index in [4.69, 9.17) is 9.47 Å². The molecule has 0 aliphatic carbocycles. The average molecular weight is 348 g/mol. The van der Waals surface area contributed by atoms with Gasteiger partial charge in [0.25, 0.3) is 0 Å². The Hall–Kier alpha value is -1.68. The van der Waals surface area contributed by atoms with Crippen molar-refractivity contribution in [1.82, 2.24) is 0 Å². The maximum Gasteiger partial charge on any atom is 0.163 e. The summed E-state index contributed by atoms with van der Waals surface area (Å²) in [7, 11) is 0. The fourth-order valence-electron chi connectivity index (χ4n) is 2.43. The number of nitrogens with one attached hydrogen (secondary N) is 1. The molecule has 4 heteroatoms. The standard InChI is InChI=1S/C17H18BrNO2/c1-11-4-3-5-13(8-11)12(2)19-15-10-17-16(9-14(15)18)20-6-7-21-17/h3-5,8-10,12,19H,6-7H2,1-2H3. The average Bonchev–Trinajstić information content (AvgIpc) is 2.48. The van der Waals surface area contributed by atoms with E-state index in [0.717, 1.165) is 21.7 Å². The summed E-state index contributed by atoms with van der Waals surface area (Å²) >= 11 is 3.59. The van der Waals surface area contributed by atoms with Crippen molar-refractivity contribution in [3.05, 3.63) is 52.0 Å². The lowest BCUT2D eigenvalue weighted by atomic mass is 10.1. The Morgan fingerprint density at radius 1 is 1.10 bits per heavy atom. The lowest BCUT2D eigenvalue weighted by Gasteiger charge is -2.22. The largest absolute Gasteiger partial charge is 0.486 e. The summed E-state index contributed by atoms with van der Waals surface area (Å²) in [5, 5.41) is 3.52. The van der Waals surface area contributed by atoms with E-state index >= 15 is 0 Å². The number of anilines is 1. The summed E-state index contributed by atoms with van der Waals surface area (Å²) in [4.78, 5) is 0. The molecule has 0 radical (unpaired) electrons. The first kappa shape index (κ1) is 14.3. The zero-order valence-corrected chi connectivity index (χ0v) is 13.7. The molecule has 0 amide bonds. The second-order valence-corrected chi connectivity index (χ2v) is 6.11. The summed E-state index contributed by atoms with van der Waals surface area (Å²) in [5.41, 5.74) is 3.53. The summed E-state index contributed by atoms with van der Waals surface area (Å²) < 4.78 is 12.2. The summed E-state index contributed by atoms with van der Waals surface area (Å²) in [6.07, 6.45) is 0. The lowest BCUT2D eigenvalue weighted by molar-refractivity contribution is 0.171. The monoisotopic (exact) mass is 347 g/mol. The van der Waals surface area contributed by atoms with Gasteiger partial charge in [0.05, 0.1) is 5.69 Å². The van der Waals surface area contributed by atoms with Crippen LogP contribution in [0.15, 0.2) is 40.9 Å². The van der Waals surface area contributed by atoms with Gasteiger partial charge in [-0.05, 0) is 35.3 Å². The minimum Gasteiger partial charge on any atom is -0.486 e. The van der Waals surface area contributed by atoms with Gasteiger partial charge in [0.2, 0.25) is 0 Å². The molecule has 110 valence electrons. The van der Waals surface area contributed by atoms with Crippen LogP contribution in [0.25, 0.3) is 0 Å². The normalized spacial score (nSPS) is 14.6. The molecular weight excluding hydrogens is 330 g/mol. The van der Waals surface area contributed by atoms with E-state index in [-0.39, 0.29) is 6.04 Å². The SMILES string of the molecule is Cc1cccc(C(C)Nc2cc3c(cc2Br)OCCO3)c1. The molecule has 1 heterocycles. The van der Waals surface area contributed by atoms with Gasteiger partial charge < -0.3 is 14.8 Å². The molecule has 1 aliphatic rings. The number of fused-ring (bicyclic) bond motifs is 1. The Balaban J connectivity index is 1.84. The Morgan fingerprint density at radius 2 is 1.81 bits per heavy atom. The van der Waals surface area contributed by atoms with E-state index in [0.29, 0.717) is 13.2 Å². The number of hydrogen-bond acceptors (Lipinski definition) is 3. The molecule has 0 saturated heterocycles. The zero-order valence-electron chi connectivity index (χ0n) is 12.2. The van der Waals surface area contributed by atoms with Crippen molar-refractivity contribution in [1.29, 1.82) is 0 Å². The molecule has 0 saturated carbocycles. The Bertz CT molecular complexity index is 657. The third-order valence-electron chi connectivity index (χ3n) is 3.55. The van der Waals surface area contributed by atoms with Gasteiger partial charge >= 0.3 is 0 Å². The molecule has 3 rings (SSSR count). The number of aryl methyl sites for hydroxylation is 1. The summed E-state index contributed by atoms with van der Waals surface area (Å²) in [6, 6.07) is 12.7. The topological polar surface area (TPSA) is 30.5 Å². The zero-order chi connectivity index (χ0) is 14.8. The molecule has 1 atom stereocenters. The van der Waals surface area contributed by atoms with E-state index in [1.54, 1.807) is 0 Å². The lowest BCUT2D eigenvalue weighted by Crippen LogP contribution is -2.16. The van der Waals surface area contributed by atoms with Crippen molar-refractivity contribution in [2.45, 2.75) is 19.9 Å². The van der Waals surface area contributed by atoms with Gasteiger partial charge in [-0.3, -0.25) is 0 Å². The molecule has 21 heavy (non-hydrogen) atoms. The highest BCUT2D eigenvalue weighted by atomic mass is 79.9. The third-order valence-corrected chi connectivity index (χ3v) is 4.20. The number of rotatable bonds is 3. The molecule has 1 N–H and O–H groups in total. The van der Waals surface area contributed by atoms with Crippen LogP contribution in [-0.4, -0.2) is 13.2 Å². The predicted octanol–water partition coefficient (Wildman–Crippen LogP) is 4.70. The minimum atomic E-state index is 0.212. The number of ether oxygens (including phenoxy) is 2. The highest BCUT2D eigenvalue weighted by molar-refractivity contribution is 9.10. The quantitative estimate of drug-likeness (QED) is 0.872. The number of halogens is 1. The van der Waals surface area contributed by atoms with Crippen LogP contribution in [0, 0.1) is 6.92 Å². The molecule has 2 aromatic carbocycles. The fourth-order valence-corrected chi connectivity index (χ4v) is 2.87. The highest BCUT2D eigenvalue weighted by Crippen LogP contribution is 2.39. The molecule has 0 aromatic heterocycles. The van der Waals surface area contributed by atoms with Crippen molar-refractivity contribution >= 4 is 21.6 Å². The fraction of sp³-hybridized carbons (Fsp3) is 0.294. The van der Waals surface area contributed by atoms with Gasteiger partial charge in [-0.1, -0.05) is 29.8 Å². The first-order valence-electron chi connectivity index (χ1n) is 7.06. The molecule has 0 bridgehead atoms. The number of hydrogen-bond donors (Lipinski definition) is 1. The van der Waals surface area contributed by atoms with Crippen molar-refractivity contribution in [3.63, 3.8) is 0 Å². The van der Waals surface area contributed by atoms with Crippen molar-refractivity contribution in [2.24, 2.45) is 0 Å².